The molecule has 1 aromatic carbocycles. The van der Waals surface area contributed by atoms with E-state index in [0.717, 1.165) is 12.1 Å². The van der Waals surface area contributed by atoms with Crippen LogP contribution in [0.2, 0.25) is 5.02 Å². The molecule has 0 saturated heterocycles. The molecule has 1 aromatic rings. The van der Waals surface area contributed by atoms with Crippen LogP contribution in [0.5, 0.6) is 0 Å². The van der Waals surface area contributed by atoms with Crippen molar-refractivity contribution < 1.29 is 22.4 Å². The van der Waals surface area contributed by atoms with Crippen LogP contribution < -0.4 is 0 Å². The minimum Gasteiger partial charge on any atom is -0.304 e. The highest BCUT2D eigenvalue weighted by Gasteiger charge is 2.54. The SMILES string of the molecule is CCOP(=O)(OCC)C(F)(F)c1ccc(Cl)cc1. The number of alkyl halides is 2. The molecular formula is C11H14ClF2O3P. The number of benzene rings is 1. The third-order valence-corrected chi connectivity index (χ3v) is 4.53. The van der Waals surface area contributed by atoms with E-state index in [4.69, 9.17) is 11.6 Å². The molecule has 0 amide bonds. The molecule has 0 aromatic heterocycles. The van der Waals surface area contributed by atoms with E-state index in [-0.39, 0.29) is 13.2 Å². The summed E-state index contributed by atoms with van der Waals surface area (Å²) in [6.45, 7) is 2.70. The number of halogens is 3. The van der Waals surface area contributed by atoms with Gasteiger partial charge in [-0.2, -0.15) is 8.78 Å². The lowest BCUT2D eigenvalue weighted by Gasteiger charge is -2.25. The van der Waals surface area contributed by atoms with Gasteiger partial charge in [0.15, 0.2) is 0 Å². The van der Waals surface area contributed by atoms with Crippen LogP contribution in [0.1, 0.15) is 19.4 Å². The van der Waals surface area contributed by atoms with Gasteiger partial charge in [-0.1, -0.05) is 23.7 Å². The Bertz CT molecular complexity index is 426. The Balaban J connectivity index is 3.15. The second-order valence-corrected chi connectivity index (χ2v) is 5.89. The van der Waals surface area contributed by atoms with E-state index in [9.17, 15) is 13.3 Å². The van der Waals surface area contributed by atoms with E-state index in [0.29, 0.717) is 5.02 Å². The smallest absolute Gasteiger partial charge is 0.304 e. The summed E-state index contributed by atoms with van der Waals surface area (Å²) in [4.78, 5) is 0. The van der Waals surface area contributed by atoms with Crippen LogP contribution in [0.3, 0.4) is 0 Å². The Morgan fingerprint density at radius 1 is 1.17 bits per heavy atom. The fourth-order valence-corrected chi connectivity index (χ4v) is 3.02. The normalized spacial score (nSPS) is 12.7. The van der Waals surface area contributed by atoms with E-state index >= 15 is 0 Å². The van der Waals surface area contributed by atoms with Crippen LogP contribution in [0, 0.1) is 0 Å². The average Bonchev–Trinajstić information content (AvgIpc) is 2.30. The summed E-state index contributed by atoms with van der Waals surface area (Å²) in [5.74, 6) is 0. The first kappa shape index (κ1) is 15.6. The van der Waals surface area contributed by atoms with Crippen LogP contribution >= 0.6 is 19.2 Å². The lowest BCUT2D eigenvalue weighted by molar-refractivity contribution is 0.0360. The van der Waals surface area contributed by atoms with Crippen LogP contribution in [0.15, 0.2) is 24.3 Å². The van der Waals surface area contributed by atoms with Crippen molar-refractivity contribution in [2.45, 2.75) is 19.5 Å². The van der Waals surface area contributed by atoms with Gasteiger partial charge in [-0.25, -0.2) is 0 Å². The number of hydrogen-bond acceptors (Lipinski definition) is 3. The number of hydrogen-bond donors (Lipinski definition) is 0. The summed E-state index contributed by atoms with van der Waals surface area (Å²) in [5, 5.41) is 0.317. The second kappa shape index (κ2) is 6.11. The lowest BCUT2D eigenvalue weighted by Crippen LogP contribution is -2.18. The topological polar surface area (TPSA) is 35.5 Å². The molecule has 18 heavy (non-hydrogen) atoms. The van der Waals surface area contributed by atoms with Crippen molar-refractivity contribution in [3.8, 4) is 0 Å². The van der Waals surface area contributed by atoms with Crippen LogP contribution in [-0.4, -0.2) is 13.2 Å². The van der Waals surface area contributed by atoms with E-state index in [2.05, 4.69) is 9.05 Å². The zero-order chi connectivity index (χ0) is 13.8. The van der Waals surface area contributed by atoms with Gasteiger partial charge in [0.2, 0.25) is 0 Å². The second-order valence-electron chi connectivity index (χ2n) is 3.38. The average molecular weight is 299 g/mol. The van der Waals surface area contributed by atoms with Crippen LogP contribution in [0.25, 0.3) is 0 Å². The fraction of sp³-hybridized carbons (Fsp3) is 0.455. The van der Waals surface area contributed by atoms with Gasteiger partial charge in [0.05, 0.1) is 13.2 Å². The molecule has 0 aliphatic carbocycles. The summed E-state index contributed by atoms with van der Waals surface area (Å²) in [7, 11) is -4.54. The van der Waals surface area contributed by atoms with E-state index < -0.39 is 18.8 Å². The van der Waals surface area contributed by atoms with E-state index in [1.165, 1.54) is 26.0 Å². The summed E-state index contributed by atoms with van der Waals surface area (Å²) >= 11 is 5.62. The standard InChI is InChI=1S/C11H14ClF2O3P/c1-3-16-18(15,17-4-2)11(13,14)9-5-7-10(12)8-6-9/h5-8H,3-4H2,1-2H3. The first-order valence-electron chi connectivity index (χ1n) is 5.40. The summed E-state index contributed by atoms with van der Waals surface area (Å²) in [5.41, 5.74) is -4.15. The third kappa shape index (κ3) is 3.09. The van der Waals surface area contributed by atoms with Gasteiger partial charge < -0.3 is 9.05 Å². The first-order chi connectivity index (χ1) is 8.37. The van der Waals surface area contributed by atoms with Gasteiger partial charge in [0, 0.05) is 10.6 Å². The highest BCUT2D eigenvalue weighted by molar-refractivity contribution is 7.54. The molecule has 0 saturated carbocycles. The molecular weight excluding hydrogens is 285 g/mol. The summed E-state index contributed by atoms with van der Waals surface area (Å²) < 4.78 is 49.7. The summed E-state index contributed by atoms with van der Waals surface area (Å²) in [6.07, 6.45) is 0. The van der Waals surface area contributed by atoms with Crippen molar-refractivity contribution in [2.75, 3.05) is 13.2 Å². The maximum absolute atomic E-state index is 14.2. The number of rotatable bonds is 6. The van der Waals surface area contributed by atoms with Gasteiger partial charge >= 0.3 is 13.3 Å². The quantitative estimate of drug-likeness (QED) is 0.717. The molecule has 0 radical (unpaired) electrons. The molecule has 7 heteroatoms. The molecule has 0 spiro atoms. The lowest BCUT2D eigenvalue weighted by atomic mass is 10.2. The Hall–Kier alpha value is -0.480. The monoisotopic (exact) mass is 298 g/mol. The van der Waals surface area contributed by atoms with Gasteiger partial charge in [0.25, 0.3) is 0 Å². The predicted octanol–water partition coefficient (Wildman–Crippen LogP) is 4.66. The zero-order valence-electron chi connectivity index (χ0n) is 10.0. The Morgan fingerprint density at radius 3 is 2.00 bits per heavy atom. The van der Waals surface area contributed by atoms with Crippen LogP contribution in [0.4, 0.5) is 8.78 Å². The molecule has 0 aliphatic heterocycles. The van der Waals surface area contributed by atoms with E-state index in [1.807, 2.05) is 0 Å². The summed E-state index contributed by atoms with van der Waals surface area (Å²) in [6, 6.07) is 4.81. The van der Waals surface area contributed by atoms with Gasteiger partial charge in [-0.3, -0.25) is 4.57 Å². The Labute approximate surface area is 110 Å². The minimum absolute atomic E-state index is 0.125. The largest absolute Gasteiger partial charge is 0.404 e. The molecule has 3 nitrogen and oxygen atoms in total. The van der Waals surface area contributed by atoms with Gasteiger partial charge in [-0.15, -0.1) is 0 Å². The van der Waals surface area contributed by atoms with Crippen molar-refractivity contribution in [3.05, 3.63) is 34.9 Å². The van der Waals surface area contributed by atoms with Crippen LogP contribution in [-0.2, 0) is 19.3 Å². The molecule has 0 aliphatic rings. The van der Waals surface area contributed by atoms with Crippen molar-refractivity contribution >= 4 is 19.2 Å². The molecule has 0 bridgehead atoms. The molecule has 0 N–H and O–H groups in total. The predicted molar refractivity (Wildman–Crippen MR) is 66.2 cm³/mol. The third-order valence-electron chi connectivity index (χ3n) is 2.13. The molecule has 0 unspecified atom stereocenters. The van der Waals surface area contributed by atoms with Crippen molar-refractivity contribution in [3.63, 3.8) is 0 Å². The Kier molecular flexibility index (Phi) is 5.29. The maximum atomic E-state index is 14.2. The highest BCUT2D eigenvalue weighted by Crippen LogP contribution is 2.66. The molecule has 102 valence electrons. The zero-order valence-corrected chi connectivity index (χ0v) is 11.7. The van der Waals surface area contributed by atoms with Gasteiger partial charge in [0.1, 0.15) is 0 Å². The van der Waals surface area contributed by atoms with Crippen molar-refractivity contribution in [1.29, 1.82) is 0 Å². The molecule has 0 atom stereocenters. The highest BCUT2D eigenvalue weighted by atomic mass is 35.5. The molecule has 0 fully saturated rings. The first-order valence-corrected chi connectivity index (χ1v) is 7.32. The molecule has 1 rings (SSSR count). The van der Waals surface area contributed by atoms with E-state index in [1.54, 1.807) is 0 Å². The molecule has 0 heterocycles. The van der Waals surface area contributed by atoms with Crippen molar-refractivity contribution in [1.82, 2.24) is 0 Å². The maximum Gasteiger partial charge on any atom is 0.404 e. The fourth-order valence-electron chi connectivity index (χ4n) is 1.35. The van der Waals surface area contributed by atoms with Crippen molar-refractivity contribution in [2.24, 2.45) is 0 Å². The van der Waals surface area contributed by atoms with Gasteiger partial charge in [-0.05, 0) is 26.0 Å². The Morgan fingerprint density at radius 2 is 1.61 bits per heavy atom. The minimum atomic E-state index is -4.54.